The molecule has 1 aromatic rings. The molecule has 5 heteroatoms. The Morgan fingerprint density at radius 3 is 2.52 bits per heavy atom. The van der Waals surface area contributed by atoms with Gasteiger partial charge in [0.05, 0.1) is 5.92 Å². The summed E-state index contributed by atoms with van der Waals surface area (Å²) in [7, 11) is 0. The highest BCUT2D eigenvalue weighted by atomic mass is 16.5. The van der Waals surface area contributed by atoms with Crippen molar-refractivity contribution in [3.63, 3.8) is 0 Å². The number of nitrogens with one attached hydrogen (secondary N) is 1. The van der Waals surface area contributed by atoms with E-state index in [1.165, 1.54) is 0 Å². The number of alkyl carbamates (subject to hydrolysis) is 1. The van der Waals surface area contributed by atoms with Crippen LogP contribution in [0.1, 0.15) is 24.8 Å². The normalized spacial score (nSPS) is 30.1. The third-order valence-electron chi connectivity index (χ3n) is 4.69. The Bertz CT molecular complexity index is 530. The molecule has 0 saturated heterocycles. The summed E-state index contributed by atoms with van der Waals surface area (Å²) in [6.45, 7) is 0.255. The molecule has 2 aliphatic carbocycles. The van der Waals surface area contributed by atoms with Crippen molar-refractivity contribution in [2.45, 2.75) is 31.9 Å². The van der Waals surface area contributed by atoms with Crippen LogP contribution in [0.2, 0.25) is 0 Å². The first-order chi connectivity index (χ1) is 10.1. The van der Waals surface area contributed by atoms with Crippen LogP contribution in [-0.4, -0.2) is 23.2 Å². The van der Waals surface area contributed by atoms with Crippen molar-refractivity contribution in [3.05, 3.63) is 35.9 Å². The molecule has 4 unspecified atom stereocenters. The van der Waals surface area contributed by atoms with Crippen molar-refractivity contribution in [1.29, 1.82) is 0 Å². The topological polar surface area (TPSA) is 75.6 Å². The predicted molar refractivity (Wildman–Crippen MR) is 75.5 cm³/mol. The van der Waals surface area contributed by atoms with E-state index in [0.717, 1.165) is 18.4 Å². The third-order valence-corrected chi connectivity index (χ3v) is 4.69. The molecular weight excluding hydrogens is 270 g/mol. The van der Waals surface area contributed by atoms with Crippen molar-refractivity contribution in [1.82, 2.24) is 5.32 Å². The summed E-state index contributed by atoms with van der Waals surface area (Å²) in [5.41, 5.74) is 0.950. The Hall–Kier alpha value is -2.04. The second-order valence-corrected chi connectivity index (χ2v) is 5.98. The van der Waals surface area contributed by atoms with E-state index >= 15 is 0 Å². The van der Waals surface area contributed by atoms with Gasteiger partial charge in [0.25, 0.3) is 0 Å². The largest absolute Gasteiger partial charge is 0.481 e. The fourth-order valence-electron chi connectivity index (χ4n) is 3.67. The molecule has 112 valence electrons. The van der Waals surface area contributed by atoms with Gasteiger partial charge in [0.15, 0.2) is 0 Å². The number of aliphatic carboxylic acids is 1. The van der Waals surface area contributed by atoms with E-state index in [1.54, 1.807) is 0 Å². The molecule has 2 aliphatic rings. The van der Waals surface area contributed by atoms with Crippen LogP contribution in [-0.2, 0) is 16.1 Å². The Kier molecular flexibility index (Phi) is 3.82. The highest BCUT2D eigenvalue weighted by Crippen LogP contribution is 2.48. The molecule has 0 radical (unpaired) electrons. The third kappa shape index (κ3) is 3.01. The maximum absolute atomic E-state index is 11.8. The minimum atomic E-state index is -0.701. The van der Waals surface area contributed by atoms with Crippen LogP contribution < -0.4 is 5.32 Å². The van der Waals surface area contributed by atoms with Gasteiger partial charge >= 0.3 is 12.1 Å². The lowest BCUT2D eigenvalue weighted by Gasteiger charge is -2.26. The van der Waals surface area contributed by atoms with E-state index in [0.29, 0.717) is 6.42 Å². The molecule has 2 N–H and O–H groups in total. The molecule has 0 aliphatic heterocycles. The smallest absolute Gasteiger partial charge is 0.407 e. The summed E-state index contributed by atoms with van der Waals surface area (Å²) < 4.78 is 5.21. The molecule has 1 aromatic carbocycles. The maximum Gasteiger partial charge on any atom is 0.407 e. The van der Waals surface area contributed by atoms with E-state index in [2.05, 4.69) is 5.32 Å². The molecule has 4 atom stereocenters. The first-order valence-corrected chi connectivity index (χ1v) is 7.33. The predicted octanol–water partition coefficient (Wildman–Crippen LogP) is 2.41. The highest BCUT2D eigenvalue weighted by Gasteiger charge is 2.49. The van der Waals surface area contributed by atoms with Gasteiger partial charge in [-0.2, -0.15) is 0 Å². The highest BCUT2D eigenvalue weighted by molar-refractivity contribution is 5.71. The second-order valence-electron chi connectivity index (χ2n) is 5.98. The average molecular weight is 289 g/mol. The Labute approximate surface area is 123 Å². The summed E-state index contributed by atoms with van der Waals surface area (Å²) in [6.07, 6.45) is 1.91. The minimum Gasteiger partial charge on any atom is -0.481 e. The van der Waals surface area contributed by atoms with Gasteiger partial charge in [0.2, 0.25) is 0 Å². The van der Waals surface area contributed by atoms with Crippen molar-refractivity contribution < 1.29 is 19.4 Å². The van der Waals surface area contributed by atoms with E-state index in [9.17, 15) is 9.59 Å². The zero-order valence-corrected chi connectivity index (χ0v) is 11.7. The number of amides is 1. The number of fused-ring (bicyclic) bond motifs is 2. The van der Waals surface area contributed by atoms with Crippen LogP contribution in [0.15, 0.2) is 30.3 Å². The summed E-state index contributed by atoms with van der Waals surface area (Å²) in [6, 6.07) is 9.59. The quantitative estimate of drug-likeness (QED) is 0.892. The van der Waals surface area contributed by atoms with Crippen LogP contribution in [0.3, 0.4) is 0 Å². The number of hydrogen-bond donors (Lipinski definition) is 2. The number of carboxylic acid groups (broad SMARTS) is 1. The average Bonchev–Trinajstić information content (AvgIpc) is 3.06. The summed E-state index contributed by atoms with van der Waals surface area (Å²) in [5, 5.41) is 12.0. The number of ether oxygens (including phenoxy) is 1. The monoisotopic (exact) mass is 289 g/mol. The Morgan fingerprint density at radius 1 is 1.14 bits per heavy atom. The lowest BCUT2D eigenvalue weighted by molar-refractivity contribution is -0.143. The first-order valence-electron chi connectivity index (χ1n) is 7.33. The lowest BCUT2D eigenvalue weighted by Crippen LogP contribution is -2.41. The van der Waals surface area contributed by atoms with Crippen molar-refractivity contribution >= 4 is 12.1 Å². The van der Waals surface area contributed by atoms with Gasteiger partial charge in [-0.25, -0.2) is 4.79 Å². The first kappa shape index (κ1) is 13.9. The fourth-order valence-corrected chi connectivity index (χ4v) is 3.67. The SMILES string of the molecule is O=C(NC1CC2CC1CC2C(=O)O)OCc1ccccc1. The van der Waals surface area contributed by atoms with Crippen LogP contribution in [0.25, 0.3) is 0 Å². The molecule has 2 saturated carbocycles. The number of hydrogen-bond acceptors (Lipinski definition) is 3. The molecule has 2 fully saturated rings. The number of carboxylic acids is 1. The molecule has 21 heavy (non-hydrogen) atoms. The van der Waals surface area contributed by atoms with Crippen LogP contribution in [0, 0.1) is 17.8 Å². The lowest BCUT2D eigenvalue weighted by atomic mass is 9.86. The van der Waals surface area contributed by atoms with E-state index in [4.69, 9.17) is 9.84 Å². The summed E-state index contributed by atoms with van der Waals surface area (Å²) >= 11 is 0. The molecule has 3 rings (SSSR count). The van der Waals surface area contributed by atoms with Crippen molar-refractivity contribution in [2.24, 2.45) is 17.8 Å². The van der Waals surface area contributed by atoms with Gasteiger partial charge in [-0.15, -0.1) is 0 Å². The van der Waals surface area contributed by atoms with Gasteiger partial charge in [-0.05, 0) is 36.7 Å². The zero-order valence-electron chi connectivity index (χ0n) is 11.7. The molecule has 0 aromatic heterocycles. The zero-order chi connectivity index (χ0) is 14.8. The van der Waals surface area contributed by atoms with E-state index in [-0.39, 0.29) is 30.4 Å². The van der Waals surface area contributed by atoms with Crippen molar-refractivity contribution in [3.8, 4) is 0 Å². The van der Waals surface area contributed by atoms with Gasteiger partial charge in [0.1, 0.15) is 6.61 Å². The fraction of sp³-hybridized carbons (Fsp3) is 0.500. The summed E-state index contributed by atoms with van der Waals surface area (Å²) in [5.74, 6) is -0.451. The van der Waals surface area contributed by atoms with Crippen molar-refractivity contribution in [2.75, 3.05) is 0 Å². The number of carbonyl (C=O) groups is 2. The molecule has 2 bridgehead atoms. The molecular formula is C16H19NO4. The molecule has 0 heterocycles. The molecule has 5 nitrogen and oxygen atoms in total. The molecule has 0 spiro atoms. The number of carbonyl (C=O) groups excluding carboxylic acids is 1. The van der Waals surface area contributed by atoms with Crippen LogP contribution in [0.4, 0.5) is 4.79 Å². The number of benzene rings is 1. The Balaban J connectivity index is 1.46. The van der Waals surface area contributed by atoms with Gasteiger partial charge in [0, 0.05) is 6.04 Å². The van der Waals surface area contributed by atoms with Crippen LogP contribution in [0.5, 0.6) is 0 Å². The van der Waals surface area contributed by atoms with E-state index < -0.39 is 12.1 Å². The Morgan fingerprint density at radius 2 is 1.90 bits per heavy atom. The van der Waals surface area contributed by atoms with Crippen LogP contribution >= 0.6 is 0 Å². The van der Waals surface area contributed by atoms with Gasteiger partial charge in [-0.1, -0.05) is 30.3 Å². The van der Waals surface area contributed by atoms with Gasteiger partial charge in [-0.3, -0.25) is 4.79 Å². The molecule has 1 amide bonds. The minimum absolute atomic E-state index is 0.0638. The second kappa shape index (κ2) is 5.76. The van der Waals surface area contributed by atoms with E-state index in [1.807, 2.05) is 30.3 Å². The maximum atomic E-state index is 11.8. The standard InChI is InChI=1S/C16H19NO4/c18-15(19)13-7-12-6-11(13)8-14(12)17-16(20)21-9-10-4-2-1-3-5-10/h1-5,11-14H,6-9H2,(H,17,20)(H,18,19). The van der Waals surface area contributed by atoms with Gasteiger partial charge < -0.3 is 15.2 Å². The summed E-state index contributed by atoms with van der Waals surface area (Å²) in [4.78, 5) is 22.9. The number of rotatable bonds is 4.